The van der Waals surface area contributed by atoms with Crippen LogP contribution in [0.2, 0.25) is 0 Å². The Morgan fingerprint density at radius 3 is 2.43 bits per heavy atom. The van der Waals surface area contributed by atoms with Crippen molar-refractivity contribution >= 4 is 28.2 Å². The van der Waals surface area contributed by atoms with E-state index in [1.807, 2.05) is 52.7 Å². The Bertz CT molecular complexity index is 986. The number of carbonyl (C=O) groups excluding carboxylic acids is 1. The molecule has 1 aromatic carbocycles. The van der Waals surface area contributed by atoms with E-state index in [0.29, 0.717) is 37.7 Å². The average Bonchev–Trinajstić information content (AvgIpc) is 3.32. The third-order valence-electron chi connectivity index (χ3n) is 4.97. The zero-order valence-corrected chi connectivity index (χ0v) is 17.7. The van der Waals surface area contributed by atoms with Gasteiger partial charge in [0.1, 0.15) is 0 Å². The summed E-state index contributed by atoms with van der Waals surface area (Å²) in [6.45, 7) is 2.69. The highest BCUT2D eigenvalue weighted by molar-refractivity contribution is 7.14. The second-order valence-electron chi connectivity index (χ2n) is 6.73. The second kappa shape index (κ2) is 9.00. The molecule has 2 amide bonds. The number of methoxy groups -OCH3 is 2. The SMILES string of the molecule is COc1ccc(-c2ccc(N3CCN(C(=O)Nc4cccs4)CC3)nn2)cc1OC. The maximum atomic E-state index is 12.4. The van der Waals surface area contributed by atoms with E-state index in [-0.39, 0.29) is 6.03 Å². The van der Waals surface area contributed by atoms with Crippen molar-refractivity contribution in [3.05, 3.63) is 47.8 Å². The topological polar surface area (TPSA) is 79.8 Å². The summed E-state index contributed by atoms with van der Waals surface area (Å²) in [7, 11) is 3.22. The van der Waals surface area contributed by atoms with Gasteiger partial charge in [-0.2, -0.15) is 0 Å². The Labute approximate surface area is 179 Å². The third kappa shape index (κ3) is 4.30. The molecule has 2 aromatic heterocycles. The molecule has 1 saturated heterocycles. The highest BCUT2D eigenvalue weighted by Gasteiger charge is 2.22. The number of nitrogens with zero attached hydrogens (tertiary/aromatic N) is 4. The number of nitrogens with one attached hydrogen (secondary N) is 1. The van der Waals surface area contributed by atoms with Crippen molar-refractivity contribution in [3.8, 4) is 22.8 Å². The summed E-state index contributed by atoms with van der Waals surface area (Å²) in [5.74, 6) is 2.13. The number of hydrogen-bond donors (Lipinski definition) is 1. The molecule has 0 bridgehead atoms. The van der Waals surface area contributed by atoms with Crippen LogP contribution in [-0.4, -0.2) is 61.5 Å². The van der Waals surface area contributed by atoms with E-state index in [0.717, 1.165) is 22.1 Å². The number of urea groups is 1. The largest absolute Gasteiger partial charge is 0.493 e. The molecular formula is C21H23N5O3S. The molecule has 0 unspecified atom stereocenters. The summed E-state index contributed by atoms with van der Waals surface area (Å²) >= 11 is 1.51. The molecule has 9 heteroatoms. The standard InChI is InChI=1S/C21H23N5O3S/c1-28-17-7-5-15(14-18(17)29-2)16-6-8-19(24-23-16)25-9-11-26(12-10-25)21(27)22-20-4-3-13-30-20/h3-8,13-14H,9-12H2,1-2H3,(H,22,27). The zero-order valence-electron chi connectivity index (χ0n) is 16.9. The van der Waals surface area contributed by atoms with Gasteiger partial charge in [0.15, 0.2) is 17.3 Å². The summed E-state index contributed by atoms with van der Waals surface area (Å²) in [6, 6.07) is 13.3. The van der Waals surface area contributed by atoms with Gasteiger partial charge in [-0.3, -0.25) is 5.32 Å². The molecule has 0 saturated carbocycles. The molecule has 0 radical (unpaired) electrons. The summed E-state index contributed by atoms with van der Waals surface area (Å²) in [5.41, 5.74) is 1.66. The molecule has 4 rings (SSSR count). The number of hydrogen-bond acceptors (Lipinski definition) is 7. The van der Waals surface area contributed by atoms with Crippen molar-refractivity contribution < 1.29 is 14.3 Å². The van der Waals surface area contributed by atoms with Gasteiger partial charge in [-0.05, 0) is 47.8 Å². The molecule has 30 heavy (non-hydrogen) atoms. The van der Waals surface area contributed by atoms with E-state index in [1.54, 1.807) is 14.2 Å². The Morgan fingerprint density at radius 2 is 1.80 bits per heavy atom. The molecule has 0 spiro atoms. The molecule has 0 aliphatic carbocycles. The second-order valence-corrected chi connectivity index (χ2v) is 7.68. The number of anilines is 2. The molecule has 3 heterocycles. The lowest BCUT2D eigenvalue weighted by Crippen LogP contribution is -2.50. The van der Waals surface area contributed by atoms with Crippen molar-refractivity contribution in [1.82, 2.24) is 15.1 Å². The number of aromatic nitrogens is 2. The Balaban J connectivity index is 1.38. The van der Waals surface area contributed by atoms with E-state index in [4.69, 9.17) is 9.47 Å². The normalized spacial score (nSPS) is 13.8. The minimum absolute atomic E-state index is 0.0630. The lowest BCUT2D eigenvalue weighted by atomic mass is 10.1. The Hall–Kier alpha value is -3.33. The minimum Gasteiger partial charge on any atom is -0.493 e. The van der Waals surface area contributed by atoms with Crippen molar-refractivity contribution in [2.45, 2.75) is 0 Å². The van der Waals surface area contributed by atoms with Gasteiger partial charge in [-0.25, -0.2) is 4.79 Å². The van der Waals surface area contributed by atoms with Crippen LogP contribution in [0.15, 0.2) is 47.8 Å². The van der Waals surface area contributed by atoms with Crippen LogP contribution in [0.4, 0.5) is 15.6 Å². The number of benzene rings is 1. The maximum absolute atomic E-state index is 12.4. The smallest absolute Gasteiger partial charge is 0.322 e. The van der Waals surface area contributed by atoms with Crippen molar-refractivity contribution in [2.75, 3.05) is 50.6 Å². The number of rotatable bonds is 5. The van der Waals surface area contributed by atoms with Gasteiger partial charge in [0.05, 0.1) is 24.9 Å². The highest BCUT2D eigenvalue weighted by Crippen LogP contribution is 2.31. The van der Waals surface area contributed by atoms with E-state index in [1.165, 1.54) is 11.3 Å². The molecule has 1 N–H and O–H groups in total. The predicted molar refractivity (Wildman–Crippen MR) is 118 cm³/mol. The number of ether oxygens (including phenoxy) is 2. The molecule has 156 valence electrons. The van der Waals surface area contributed by atoms with Crippen LogP contribution < -0.4 is 19.7 Å². The summed E-state index contributed by atoms with van der Waals surface area (Å²) < 4.78 is 10.6. The van der Waals surface area contributed by atoms with Crippen molar-refractivity contribution in [1.29, 1.82) is 0 Å². The quantitative estimate of drug-likeness (QED) is 0.673. The van der Waals surface area contributed by atoms with Gasteiger partial charge in [0.2, 0.25) is 0 Å². The average molecular weight is 426 g/mol. The van der Waals surface area contributed by atoms with Crippen LogP contribution in [0.3, 0.4) is 0 Å². The highest BCUT2D eigenvalue weighted by atomic mass is 32.1. The van der Waals surface area contributed by atoms with E-state index < -0.39 is 0 Å². The Kier molecular flexibility index (Phi) is 5.99. The van der Waals surface area contributed by atoms with E-state index >= 15 is 0 Å². The van der Waals surface area contributed by atoms with Gasteiger partial charge in [0.25, 0.3) is 0 Å². The van der Waals surface area contributed by atoms with Gasteiger partial charge >= 0.3 is 6.03 Å². The fourth-order valence-electron chi connectivity index (χ4n) is 3.32. The predicted octanol–water partition coefficient (Wildman–Crippen LogP) is 3.58. The van der Waals surface area contributed by atoms with Crippen molar-refractivity contribution in [2.24, 2.45) is 0 Å². The fourth-order valence-corrected chi connectivity index (χ4v) is 3.92. The Morgan fingerprint density at radius 1 is 1.00 bits per heavy atom. The first-order chi connectivity index (χ1) is 14.7. The monoisotopic (exact) mass is 425 g/mol. The lowest BCUT2D eigenvalue weighted by Gasteiger charge is -2.35. The van der Waals surface area contributed by atoms with Crippen LogP contribution >= 0.6 is 11.3 Å². The number of amides is 2. The summed E-state index contributed by atoms with van der Waals surface area (Å²) in [4.78, 5) is 16.3. The van der Waals surface area contributed by atoms with Gasteiger partial charge in [0, 0.05) is 31.7 Å². The van der Waals surface area contributed by atoms with E-state index in [9.17, 15) is 4.79 Å². The maximum Gasteiger partial charge on any atom is 0.322 e. The van der Waals surface area contributed by atoms with Crippen molar-refractivity contribution in [3.63, 3.8) is 0 Å². The number of piperazine rings is 1. The molecule has 3 aromatic rings. The molecule has 1 aliphatic heterocycles. The minimum atomic E-state index is -0.0630. The van der Waals surface area contributed by atoms with Crippen LogP contribution in [0.25, 0.3) is 11.3 Å². The first-order valence-corrected chi connectivity index (χ1v) is 10.5. The molecule has 8 nitrogen and oxygen atoms in total. The van der Waals surface area contributed by atoms with Crippen LogP contribution in [0, 0.1) is 0 Å². The number of carbonyl (C=O) groups is 1. The van der Waals surface area contributed by atoms with E-state index in [2.05, 4.69) is 20.4 Å². The first kappa shape index (κ1) is 20.0. The summed E-state index contributed by atoms with van der Waals surface area (Å²) in [5, 5.41) is 14.5. The molecule has 1 aliphatic rings. The zero-order chi connectivity index (χ0) is 20.9. The number of thiophene rings is 1. The van der Waals surface area contributed by atoms with Crippen LogP contribution in [0.5, 0.6) is 11.5 Å². The van der Waals surface area contributed by atoms with Gasteiger partial charge in [-0.15, -0.1) is 21.5 Å². The van der Waals surface area contributed by atoms with Crippen LogP contribution in [0.1, 0.15) is 0 Å². The third-order valence-corrected chi connectivity index (χ3v) is 5.76. The molecular weight excluding hydrogens is 402 g/mol. The van der Waals surface area contributed by atoms with Gasteiger partial charge in [-0.1, -0.05) is 0 Å². The molecule has 0 atom stereocenters. The van der Waals surface area contributed by atoms with Crippen LogP contribution in [-0.2, 0) is 0 Å². The lowest BCUT2D eigenvalue weighted by molar-refractivity contribution is 0.208. The summed E-state index contributed by atoms with van der Waals surface area (Å²) in [6.07, 6.45) is 0. The first-order valence-electron chi connectivity index (χ1n) is 9.58. The fraction of sp³-hybridized carbons (Fsp3) is 0.286. The molecule has 1 fully saturated rings. The van der Waals surface area contributed by atoms with Gasteiger partial charge < -0.3 is 19.3 Å².